The Balaban J connectivity index is 2.10. The molecule has 100 valence electrons. The summed E-state index contributed by atoms with van der Waals surface area (Å²) in [5.74, 6) is 0. The van der Waals surface area contributed by atoms with Crippen LogP contribution in [0.1, 0.15) is 5.56 Å². The molecule has 0 atom stereocenters. The molecule has 0 N–H and O–H groups in total. The summed E-state index contributed by atoms with van der Waals surface area (Å²) in [6.45, 7) is 2.28. The van der Waals surface area contributed by atoms with Crippen LogP contribution in [0.15, 0.2) is 54.6 Å². The summed E-state index contributed by atoms with van der Waals surface area (Å²) >= 11 is 3.83. The smallest absolute Gasteiger partial charge is 0.0391 e. The second-order valence-corrected chi connectivity index (χ2v) is 7.58. The monoisotopic (exact) mass is 304 g/mol. The molecule has 5 rings (SSSR count). The molecule has 5 aromatic rings. The average Bonchev–Trinajstić information content (AvgIpc) is 3.06. The van der Waals surface area contributed by atoms with Crippen LogP contribution in [0, 0.1) is 6.92 Å². The van der Waals surface area contributed by atoms with Crippen LogP contribution in [-0.2, 0) is 0 Å². The molecule has 0 saturated carbocycles. The Morgan fingerprint density at radius 3 is 2.14 bits per heavy atom. The predicted octanol–water partition coefficient (Wildman–Crippen LogP) is 6.73. The normalized spacial score (nSPS) is 12.0. The predicted molar refractivity (Wildman–Crippen MR) is 97.0 cm³/mol. The molecule has 21 heavy (non-hydrogen) atoms. The molecule has 0 amide bonds. The van der Waals surface area contributed by atoms with Gasteiger partial charge in [0, 0.05) is 40.3 Å². The molecule has 0 unspecified atom stereocenters. The maximum absolute atomic E-state index is 2.39. The summed E-state index contributed by atoms with van der Waals surface area (Å²) in [6, 6.07) is 19.9. The molecule has 0 spiro atoms. The number of rotatable bonds is 0. The molecule has 0 aliphatic carbocycles. The second-order valence-electron chi connectivity index (χ2n) is 5.45. The maximum Gasteiger partial charge on any atom is 0.0391 e. The fourth-order valence-electron chi connectivity index (χ4n) is 3.28. The van der Waals surface area contributed by atoms with Gasteiger partial charge in [-0.15, -0.1) is 22.7 Å². The summed E-state index contributed by atoms with van der Waals surface area (Å²) in [4.78, 5) is 0. The average molecular weight is 304 g/mol. The SMILES string of the molecule is Cc1c2sc3ccccc3c2cc2sc3ccccc3c12. The van der Waals surface area contributed by atoms with E-state index in [1.165, 1.54) is 45.9 Å². The molecule has 0 fully saturated rings. The van der Waals surface area contributed by atoms with E-state index >= 15 is 0 Å². The summed E-state index contributed by atoms with van der Waals surface area (Å²) < 4.78 is 5.62. The van der Waals surface area contributed by atoms with E-state index < -0.39 is 0 Å². The van der Waals surface area contributed by atoms with Gasteiger partial charge in [0.05, 0.1) is 0 Å². The Hall–Kier alpha value is -1.90. The zero-order chi connectivity index (χ0) is 14.0. The minimum atomic E-state index is 1.39. The number of benzene rings is 3. The van der Waals surface area contributed by atoms with Crippen molar-refractivity contribution in [2.75, 3.05) is 0 Å². The van der Waals surface area contributed by atoms with Crippen LogP contribution in [-0.4, -0.2) is 0 Å². The number of fused-ring (bicyclic) bond motifs is 6. The highest BCUT2D eigenvalue weighted by Crippen LogP contribution is 2.44. The van der Waals surface area contributed by atoms with Crippen LogP contribution in [0.2, 0.25) is 0 Å². The van der Waals surface area contributed by atoms with Crippen molar-refractivity contribution >= 4 is 63.0 Å². The highest BCUT2D eigenvalue weighted by atomic mass is 32.1. The van der Waals surface area contributed by atoms with E-state index in [9.17, 15) is 0 Å². The first-order valence-corrected chi connectivity index (χ1v) is 8.68. The van der Waals surface area contributed by atoms with Crippen molar-refractivity contribution in [3.8, 4) is 0 Å². The summed E-state index contributed by atoms with van der Waals surface area (Å²) in [5.41, 5.74) is 1.43. The Morgan fingerprint density at radius 1 is 0.667 bits per heavy atom. The van der Waals surface area contributed by atoms with Gasteiger partial charge < -0.3 is 0 Å². The lowest BCUT2D eigenvalue weighted by molar-refractivity contribution is 1.64. The highest BCUT2D eigenvalue weighted by Gasteiger charge is 2.13. The Kier molecular flexibility index (Phi) is 2.27. The number of aryl methyl sites for hydroxylation is 1. The van der Waals surface area contributed by atoms with Gasteiger partial charge >= 0.3 is 0 Å². The molecule has 0 aliphatic rings. The minimum Gasteiger partial charge on any atom is -0.135 e. The van der Waals surface area contributed by atoms with E-state index in [0.29, 0.717) is 0 Å². The van der Waals surface area contributed by atoms with Gasteiger partial charge in [-0.25, -0.2) is 0 Å². The van der Waals surface area contributed by atoms with E-state index in [4.69, 9.17) is 0 Å². The van der Waals surface area contributed by atoms with Crippen molar-refractivity contribution < 1.29 is 0 Å². The van der Waals surface area contributed by atoms with Crippen molar-refractivity contribution in [1.82, 2.24) is 0 Å². The Bertz CT molecular complexity index is 1140. The summed E-state index contributed by atoms with van der Waals surface area (Å²) in [5, 5.41) is 5.64. The molecule has 2 aromatic heterocycles. The number of thiophene rings is 2. The Morgan fingerprint density at radius 2 is 1.33 bits per heavy atom. The van der Waals surface area contributed by atoms with Crippen molar-refractivity contribution in [1.29, 1.82) is 0 Å². The lowest BCUT2D eigenvalue weighted by atomic mass is 10.0. The van der Waals surface area contributed by atoms with Crippen LogP contribution < -0.4 is 0 Å². The minimum absolute atomic E-state index is 1.39. The lowest BCUT2D eigenvalue weighted by Crippen LogP contribution is -1.75. The standard InChI is InChI=1S/C19H12S2/c1-11-18-13-7-3-5-9-16(13)20-17(18)10-14-12-6-2-4-8-15(12)21-19(11)14/h2-10H,1H3. The lowest BCUT2D eigenvalue weighted by Gasteiger charge is -2.00. The Labute approximate surface area is 130 Å². The van der Waals surface area contributed by atoms with Gasteiger partial charge in [-0.05, 0) is 30.7 Å². The van der Waals surface area contributed by atoms with Gasteiger partial charge in [0.2, 0.25) is 0 Å². The molecule has 0 aliphatic heterocycles. The van der Waals surface area contributed by atoms with Crippen LogP contribution in [0.3, 0.4) is 0 Å². The van der Waals surface area contributed by atoms with Gasteiger partial charge in [0.25, 0.3) is 0 Å². The van der Waals surface area contributed by atoms with Gasteiger partial charge in [0.1, 0.15) is 0 Å². The molecule has 0 bridgehead atoms. The van der Waals surface area contributed by atoms with E-state index in [2.05, 4.69) is 61.5 Å². The van der Waals surface area contributed by atoms with E-state index in [0.717, 1.165) is 0 Å². The molecular weight excluding hydrogens is 292 g/mol. The zero-order valence-electron chi connectivity index (χ0n) is 11.5. The molecule has 3 aromatic carbocycles. The van der Waals surface area contributed by atoms with Crippen molar-refractivity contribution in [3.05, 3.63) is 60.2 Å². The van der Waals surface area contributed by atoms with Crippen LogP contribution in [0.4, 0.5) is 0 Å². The van der Waals surface area contributed by atoms with Gasteiger partial charge in [-0.3, -0.25) is 0 Å². The first kappa shape index (κ1) is 11.7. The van der Waals surface area contributed by atoms with Crippen LogP contribution in [0.5, 0.6) is 0 Å². The number of hydrogen-bond donors (Lipinski definition) is 0. The largest absolute Gasteiger partial charge is 0.135 e. The number of hydrogen-bond acceptors (Lipinski definition) is 2. The van der Waals surface area contributed by atoms with E-state index in [-0.39, 0.29) is 0 Å². The van der Waals surface area contributed by atoms with Gasteiger partial charge in [-0.1, -0.05) is 36.4 Å². The molecule has 0 saturated heterocycles. The fourth-order valence-corrected chi connectivity index (χ4v) is 5.68. The molecule has 2 heterocycles. The third-order valence-corrected chi connectivity index (χ3v) is 6.67. The first-order valence-electron chi connectivity index (χ1n) is 7.05. The van der Waals surface area contributed by atoms with E-state index in [1.54, 1.807) is 0 Å². The highest BCUT2D eigenvalue weighted by molar-refractivity contribution is 7.27. The van der Waals surface area contributed by atoms with Crippen LogP contribution >= 0.6 is 22.7 Å². The summed E-state index contributed by atoms with van der Waals surface area (Å²) in [6.07, 6.45) is 0. The first-order chi connectivity index (χ1) is 10.3. The van der Waals surface area contributed by atoms with Crippen molar-refractivity contribution in [2.24, 2.45) is 0 Å². The zero-order valence-corrected chi connectivity index (χ0v) is 13.1. The molecular formula is C19H12S2. The quantitative estimate of drug-likeness (QED) is 0.297. The molecule has 0 nitrogen and oxygen atoms in total. The van der Waals surface area contributed by atoms with Crippen molar-refractivity contribution in [2.45, 2.75) is 6.92 Å². The third kappa shape index (κ3) is 1.49. The molecule has 2 heteroatoms. The molecule has 0 radical (unpaired) electrons. The maximum atomic E-state index is 2.39. The fraction of sp³-hybridized carbons (Fsp3) is 0.0526. The van der Waals surface area contributed by atoms with Crippen molar-refractivity contribution in [3.63, 3.8) is 0 Å². The second kappa shape index (κ2) is 4.06. The van der Waals surface area contributed by atoms with Crippen LogP contribution in [0.25, 0.3) is 40.3 Å². The van der Waals surface area contributed by atoms with E-state index in [1.807, 2.05) is 22.7 Å². The van der Waals surface area contributed by atoms with Gasteiger partial charge in [-0.2, -0.15) is 0 Å². The van der Waals surface area contributed by atoms with Gasteiger partial charge in [0.15, 0.2) is 0 Å². The summed E-state index contributed by atoms with van der Waals surface area (Å²) in [7, 11) is 0. The topological polar surface area (TPSA) is 0 Å². The third-order valence-electron chi connectivity index (χ3n) is 4.25.